The van der Waals surface area contributed by atoms with Gasteiger partial charge in [0.1, 0.15) is 6.54 Å². The highest BCUT2D eigenvalue weighted by Gasteiger charge is 2.11. The molecule has 0 fully saturated rings. The Labute approximate surface area is 98.1 Å². The van der Waals surface area contributed by atoms with E-state index < -0.39 is 5.91 Å². The number of nitrogens with one attached hydrogen (secondary N) is 1. The molecule has 6 heteroatoms. The normalized spacial score (nSPS) is 10.6. The van der Waals surface area contributed by atoms with Crippen LogP contribution in [0.1, 0.15) is 0 Å². The monoisotopic (exact) mass is 234 g/mol. The molecule has 0 aliphatic carbocycles. The Kier molecular flexibility index (Phi) is 3.24. The highest BCUT2D eigenvalue weighted by molar-refractivity contribution is 5.82. The number of aromatic nitrogens is 2. The molecule has 2 aromatic rings. The summed E-state index contributed by atoms with van der Waals surface area (Å²) >= 11 is 0. The number of carbonyl (C=O) groups excluding carboxylic acids is 1. The molecule has 0 saturated carbocycles. The van der Waals surface area contributed by atoms with Gasteiger partial charge in [-0.1, -0.05) is 12.1 Å². The van der Waals surface area contributed by atoms with Gasteiger partial charge in [-0.25, -0.2) is 4.98 Å². The molecule has 0 spiro atoms. The van der Waals surface area contributed by atoms with E-state index in [0.29, 0.717) is 12.5 Å². The van der Waals surface area contributed by atoms with Gasteiger partial charge in [0.2, 0.25) is 11.9 Å². The second kappa shape index (κ2) is 4.84. The molecule has 1 aromatic heterocycles. The van der Waals surface area contributed by atoms with E-state index in [-0.39, 0.29) is 13.2 Å². The first kappa shape index (κ1) is 11.4. The lowest BCUT2D eigenvalue weighted by Crippen LogP contribution is -2.21. The summed E-state index contributed by atoms with van der Waals surface area (Å²) in [7, 11) is 0. The van der Waals surface area contributed by atoms with Crippen LogP contribution in [0.15, 0.2) is 24.3 Å². The Morgan fingerprint density at radius 3 is 2.94 bits per heavy atom. The third-order valence-electron chi connectivity index (χ3n) is 2.36. The Morgan fingerprint density at radius 2 is 2.24 bits per heavy atom. The van der Waals surface area contributed by atoms with E-state index in [9.17, 15) is 4.79 Å². The average Bonchev–Trinajstić information content (AvgIpc) is 2.64. The molecule has 90 valence electrons. The first-order valence-electron chi connectivity index (χ1n) is 5.30. The van der Waals surface area contributed by atoms with Crippen molar-refractivity contribution < 1.29 is 9.90 Å². The summed E-state index contributed by atoms with van der Waals surface area (Å²) in [6.07, 6.45) is 0. The van der Waals surface area contributed by atoms with Crippen molar-refractivity contribution >= 4 is 22.9 Å². The fourth-order valence-electron chi connectivity index (χ4n) is 1.69. The molecule has 0 bridgehead atoms. The van der Waals surface area contributed by atoms with Gasteiger partial charge < -0.3 is 20.7 Å². The summed E-state index contributed by atoms with van der Waals surface area (Å²) in [6.45, 7) is 0.441. The van der Waals surface area contributed by atoms with E-state index in [1.807, 2.05) is 24.3 Å². The molecule has 17 heavy (non-hydrogen) atoms. The zero-order valence-corrected chi connectivity index (χ0v) is 9.26. The average molecular weight is 234 g/mol. The first-order chi connectivity index (χ1) is 8.22. The van der Waals surface area contributed by atoms with Crippen molar-refractivity contribution in [1.29, 1.82) is 0 Å². The summed E-state index contributed by atoms with van der Waals surface area (Å²) in [5.41, 5.74) is 6.83. The number of carbonyl (C=O) groups is 1. The summed E-state index contributed by atoms with van der Waals surface area (Å²) in [6, 6.07) is 7.48. The van der Waals surface area contributed by atoms with Crippen LogP contribution in [-0.2, 0) is 11.3 Å². The van der Waals surface area contributed by atoms with Crippen molar-refractivity contribution in [3.8, 4) is 0 Å². The number of hydrogen-bond acceptors (Lipinski definition) is 4. The Morgan fingerprint density at radius 1 is 1.47 bits per heavy atom. The van der Waals surface area contributed by atoms with E-state index in [0.717, 1.165) is 11.0 Å². The largest absolute Gasteiger partial charge is 0.395 e. The Balaban J connectivity index is 2.44. The smallest absolute Gasteiger partial charge is 0.237 e. The molecular formula is C11H14N4O2. The summed E-state index contributed by atoms with van der Waals surface area (Å²) in [5.74, 6) is 0.110. The number of nitrogens with two attached hydrogens (primary N) is 1. The molecule has 0 radical (unpaired) electrons. The van der Waals surface area contributed by atoms with Gasteiger partial charge in [-0.05, 0) is 12.1 Å². The minimum Gasteiger partial charge on any atom is -0.395 e. The van der Waals surface area contributed by atoms with Crippen molar-refractivity contribution in [2.24, 2.45) is 5.73 Å². The maximum atomic E-state index is 11.0. The molecule has 0 unspecified atom stereocenters. The van der Waals surface area contributed by atoms with Crippen molar-refractivity contribution in [3.05, 3.63) is 24.3 Å². The number of hydrogen-bond donors (Lipinski definition) is 3. The highest BCUT2D eigenvalue weighted by Crippen LogP contribution is 2.18. The van der Waals surface area contributed by atoms with Crippen LogP contribution in [0.5, 0.6) is 0 Å². The number of anilines is 1. The van der Waals surface area contributed by atoms with Gasteiger partial charge in [-0.15, -0.1) is 0 Å². The molecule has 4 N–H and O–H groups in total. The third-order valence-corrected chi connectivity index (χ3v) is 2.36. The minimum atomic E-state index is -0.430. The van der Waals surface area contributed by atoms with Gasteiger partial charge in [0.15, 0.2) is 0 Å². The van der Waals surface area contributed by atoms with Gasteiger partial charge in [0, 0.05) is 6.54 Å². The van der Waals surface area contributed by atoms with Gasteiger partial charge in [-0.2, -0.15) is 0 Å². The number of primary amides is 1. The molecule has 0 saturated heterocycles. The van der Waals surface area contributed by atoms with Crippen LogP contribution in [0, 0.1) is 0 Å². The van der Waals surface area contributed by atoms with Gasteiger partial charge >= 0.3 is 0 Å². The number of para-hydroxylation sites is 2. The highest BCUT2D eigenvalue weighted by atomic mass is 16.3. The maximum Gasteiger partial charge on any atom is 0.237 e. The predicted octanol–water partition coefficient (Wildman–Crippen LogP) is -0.0742. The van der Waals surface area contributed by atoms with E-state index in [1.54, 1.807) is 4.57 Å². The lowest BCUT2D eigenvalue weighted by molar-refractivity contribution is -0.118. The summed E-state index contributed by atoms with van der Waals surface area (Å²) in [5, 5.41) is 11.7. The van der Waals surface area contributed by atoms with Crippen LogP contribution in [0.2, 0.25) is 0 Å². The van der Waals surface area contributed by atoms with Crippen molar-refractivity contribution in [2.75, 3.05) is 18.5 Å². The third kappa shape index (κ3) is 2.36. The molecule has 0 aliphatic heterocycles. The molecule has 1 amide bonds. The van der Waals surface area contributed by atoms with E-state index in [1.165, 1.54) is 0 Å². The number of nitrogens with zero attached hydrogens (tertiary/aromatic N) is 2. The SMILES string of the molecule is NC(=O)Cn1c(NCCO)nc2ccccc21. The van der Waals surface area contributed by atoms with Crippen LogP contribution < -0.4 is 11.1 Å². The summed E-state index contributed by atoms with van der Waals surface area (Å²) < 4.78 is 1.70. The Bertz CT molecular complexity index is 535. The number of amides is 1. The van der Waals surface area contributed by atoms with Crippen molar-refractivity contribution in [3.63, 3.8) is 0 Å². The molecule has 1 heterocycles. The second-order valence-corrected chi connectivity index (χ2v) is 3.63. The minimum absolute atomic E-state index is 0.000222. The molecule has 0 aliphatic rings. The van der Waals surface area contributed by atoms with Crippen LogP contribution >= 0.6 is 0 Å². The van der Waals surface area contributed by atoms with Gasteiger partial charge in [0.25, 0.3) is 0 Å². The molecule has 6 nitrogen and oxygen atoms in total. The zero-order chi connectivity index (χ0) is 12.3. The van der Waals surface area contributed by atoms with Crippen LogP contribution in [0.25, 0.3) is 11.0 Å². The van der Waals surface area contributed by atoms with Crippen LogP contribution in [0.4, 0.5) is 5.95 Å². The Hall–Kier alpha value is -2.08. The van der Waals surface area contributed by atoms with E-state index >= 15 is 0 Å². The zero-order valence-electron chi connectivity index (χ0n) is 9.26. The standard InChI is InChI=1S/C11H14N4O2/c12-10(17)7-15-9-4-2-1-3-8(9)14-11(15)13-5-6-16/h1-4,16H,5-7H2,(H2,12,17)(H,13,14). The van der Waals surface area contributed by atoms with Crippen molar-refractivity contribution in [2.45, 2.75) is 6.54 Å². The number of aliphatic hydroxyl groups excluding tert-OH is 1. The fraction of sp³-hybridized carbons (Fsp3) is 0.273. The molecule has 2 rings (SSSR count). The molecular weight excluding hydrogens is 220 g/mol. The quantitative estimate of drug-likeness (QED) is 0.675. The molecule has 0 atom stereocenters. The predicted molar refractivity (Wildman–Crippen MR) is 64.5 cm³/mol. The number of aliphatic hydroxyl groups is 1. The van der Waals surface area contributed by atoms with Gasteiger partial charge in [-0.3, -0.25) is 4.79 Å². The first-order valence-corrected chi connectivity index (χ1v) is 5.30. The topological polar surface area (TPSA) is 93.2 Å². The number of imidazole rings is 1. The van der Waals surface area contributed by atoms with E-state index in [4.69, 9.17) is 10.8 Å². The fourth-order valence-corrected chi connectivity index (χ4v) is 1.69. The number of benzene rings is 1. The van der Waals surface area contributed by atoms with Gasteiger partial charge in [0.05, 0.1) is 17.6 Å². The number of rotatable bonds is 5. The second-order valence-electron chi connectivity index (χ2n) is 3.63. The molecule has 1 aromatic carbocycles. The van der Waals surface area contributed by atoms with Crippen LogP contribution in [-0.4, -0.2) is 33.7 Å². The maximum absolute atomic E-state index is 11.0. The van der Waals surface area contributed by atoms with Crippen LogP contribution in [0.3, 0.4) is 0 Å². The van der Waals surface area contributed by atoms with E-state index in [2.05, 4.69) is 10.3 Å². The lowest BCUT2D eigenvalue weighted by Gasteiger charge is -2.07. The number of fused-ring (bicyclic) bond motifs is 1. The lowest BCUT2D eigenvalue weighted by atomic mass is 10.3. The summed E-state index contributed by atoms with van der Waals surface area (Å²) in [4.78, 5) is 15.4. The van der Waals surface area contributed by atoms with Crippen molar-refractivity contribution in [1.82, 2.24) is 9.55 Å².